The molecule has 6 heteroatoms. The summed E-state index contributed by atoms with van der Waals surface area (Å²) in [7, 11) is 0. The van der Waals surface area contributed by atoms with Crippen LogP contribution in [0.5, 0.6) is 5.75 Å². The Kier molecular flexibility index (Phi) is 8.22. The Morgan fingerprint density at radius 3 is 2.65 bits per heavy atom. The number of halogens is 1. The molecule has 0 amide bonds. The highest BCUT2D eigenvalue weighted by Crippen LogP contribution is 2.21. The Labute approximate surface area is 206 Å². The molecule has 5 nitrogen and oxygen atoms in total. The molecule has 2 atom stereocenters. The summed E-state index contributed by atoms with van der Waals surface area (Å²) in [6.45, 7) is 6.00. The fraction of sp³-hybridized carbons (Fsp3) is 0.321. The number of hydrogen-bond acceptors (Lipinski definition) is 5. The van der Waals surface area contributed by atoms with E-state index in [2.05, 4.69) is 41.2 Å². The van der Waals surface area contributed by atoms with Crippen molar-refractivity contribution in [3.63, 3.8) is 0 Å². The minimum atomic E-state index is -0.655. The van der Waals surface area contributed by atoms with Crippen molar-refractivity contribution >= 4 is 17.3 Å². The highest BCUT2D eigenvalue weighted by molar-refractivity contribution is 6.30. The minimum Gasteiger partial charge on any atom is -0.491 e. The van der Waals surface area contributed by atoms with Crippen molar-refractivity contribution in [1.82, 2.24) is 4.90 Å². The van der Waals surface area contributed by atoms with Crippen molar-refractivity contribution in [3.8, 4) is 5.75 Å². The van der Waals surface area contributed by atoms with Crippen LogP contribution in [0.4, 0.5) is 0 Å². The predicted octanol–water partition coefficient (Wildman–Crippen LogP) is 5.39. The zero-order chi connectivity index (χ0) is 23.9. The summed E-state index contributed by atoms with van der Waals surface area (Å²) in [5, 5.41) is 15.8. The molecule has 0 radical (unpaired) electrons. The average Bonchev–Trinajstić information content (AvgIpc) is 3.27. The van der Waals surface area contributed by atoms with Crippen LogP contribution < -0.4 is 4.74 Å². The maximum Gasteiger partial charge on any atom is 0.145 e. The van der Waals surface area contributed by atoms with Gasteiger partial charge in [0.05, 0.1) is 5.71 Å². The van der Waals surface area contributed by atoms with Gasteiger partial charge in [-0.25, -0.2) is 0 Å². The molecule has 3 aromatic carbocycles. The van der Waals surface area contributed by atoms with Gasteiger partial charge in [-0.1, -0.05) is 76.9 Å². The molecule has 0 aromatic heterocycles. The molecule has 0 bridgehead atoms. The number of hydrogen-bond donors (Lipinski definition) is 1. The highest BCUT2D eigenvalue weighted by Gasteiger charge is 2.26. The first-order chi connectivity index (χ1) is 16.5. The number of aliphatic hydroxyl groups excluding tert-OH is 1. The summed E-state index contributed by atoms with van der Waals surface area (Å²) in [5.41, 5.74) is 5.38. The van der Waals surface area contributed by atoms with Gasteiger partial charge in [-0.2, -0.15) is 0 Å². The number of rotatable bonds is 10. The van der Waals surface area contributed by atoms with Crippen LogP contribution in [0.2, 0.25) is 5.02 Å². The van der Waals surface area contributed by atoms with Crippen molar-refractivity contribution < 1.29 is 14.7 Å². The largest absolute Gasteiger partial charge is 0.491 e. The molecule has 0 saturated heterocycles. The van der Waals surface area contributed by atoms with E-state index in [0.29, 0.717) is 24.7 Å². The Morgan fingerprint density at radius 1 is 1.09 bits per heavy atom. The third-order valence-electron chi connectivity index (χ3n) is 5.87. The van der Waals surface area contributed by atoms with Gasteiger partial charge in [-0.15, -0.1) is 0 Å². The lowest BCUT2D eigenvalue weighted by molar-refractivity contribution is 0.0212. The molecule has 178 valence electrons. The maximum atomic E-state index is 10.8. The Balaban J connectivity index is 1.38. The first kappa shape index (κ1) is 24.3. The Bertz CT molecular complexity index is 1120. The van der Waals surface area contributed by atoms with Gasteiger partial charge in [0.15, 0.2) is 0 Å². The molecule has 1 aliphatic rings. The second kappa shape index (κ2) is 11.5. The number of nitrogens with zero attached hydrogens (tertiary/aromatic N) is 2. The van der Waals surface area contributed by atoms with Crippen molar-refractivity contribution in [3.05, 3.63) is 100 Å². The summed E-state index contributed by atoms with van der Waals surface area (Å²) in [4.78, 5) is 7.95. The van der Waals surface area contributed by atoms with E-state index in [0.717, 1.165) is 34.6 Å². The third kappa shape index (κ3) is 6.83. The summed E-state index contributed by atoms with van der Waals surface area (Å²) in [6.07, 6.45) is -0.0112. The first-order valence-electron chi connectivity index (χ1n) is 11.6. The van der Waals surface area contributed by atoms with E-state index in [1.54, 1.807) is 0 Å². The average molecular weight is 479 g/mol. The van der Waals surface area contributed by atoms with Gasteiger partial charge in [0, 0.05) is 31.1 Å². The van der Waals surface area contributed by atoms with Crippen LogP contribution >= 0.6 is 11.6 Å². The van der Waals surface area contributed by atoms with Gasteiger partial charge in [-0.05, 0) is 48.7 Å². The number of oxime groups is 1. The standard InChI is InChI=1S/C28H31ClN2O3/c1-20-10-12-23(13-11-20)27-15-26(34-30-27)18-31(16-22-7-5-8-24(29)14-22)17-25(32)19-33-28-9-4-3-6-21(28)2/h3-14,25-26,32H,15-19H2,1-2H3/t25-,26+/m0/s1. The normalized spacial score (nSPS) is 16.3. The van der Waals surface area contributed by atoms with Gasteiger partial charge in [0.2, 0.25) is 0 Å². The van der Waals surface area contributed by atoms with Gasteiger partial charge in [-0.3, -0.25) is 4.90 Å². The van der Waals surface area contributed by atoms with E-state index in [9.17, 15) is 5.11 Å². The van der Waals surface area contributed by atoms with Crippen molar-refractivity contribution in [2.45, 2.75) is 39.0 Å². The number of ether oxygens (including phenoxy) is 1. The lowest BCUT2D eigenvalue weighted by Crippen LogP contribution is -2.39. The Hall–Kier alpha value is -2.86. The maximum absolute atomic E-state index is 10.8. The molecule has 1 aliphatic heterocycles. The summed E-state index contributed by atoms with van der Waals surface area (Å²) < 4.78 is 5.87. The molecule has 4 rings (SSSR count). The van der Waals surface area contributed by atoms with Gasteiger partial charge >= 0.3 is 0 Å². The minimum absolute atomic E-state index is 0.0834. The van der Waals surface area contributed by atoms with E-state index in [-0.39, 0.29) is 12.7 Å². The van der Waals surface area contributed by atoms with Gasteiger partial charge in [0.25, 0.3) is 0 Å². The molecule has 0 spiro atoms. The fourth-order valence-electron chi connectivity index (χ4n) is 4.08. The topological polar surface area (TPSA) is 54.3 Å². The molecule has 0 saturated carbocycles. The first-order valence-corrected chi connectivity index (χ1v) is 12.0. The second-order valence-electron chi connectivity index (χ2n) is 8.89. The van der Waals surface area contributed by atoms with Gasteiger partial charge in [0.1, 0.15) is 24.6 Å². The number of benzene rings is 3. The third-order valence-corrected chi connectivity index (χ3v) is 6.10. The smallest absolute Gasteiger partial charge is 0.145 e. The molecule has 0 fully saturated rings. The molecular weight excluding hydrogens is 448 g/mol. The SMILES string of the molecule is Cc1ccc(C2=NO[C@@H](CN(Cc3cccc(Cl)c3)C[C@H](O)COc3ccccc3C)C2)cc1. The van der Waals surface area contributed by atoms with Crippen LogP contribution in [-0.4, -0.2) is 47.6 Å². The van der Waals surface area contributed by atoms with Crippen LogP contribution in [0.1, 0.15) is 28.7 Å². The number of aryl methyl sites for hydroxylation is 2. The van der Waals surface area contributed by atoms with Crippen LogP contribution in [-0.2, 0) is 11.4 Å². The zero-order valence-corrected chi connectivity index (χ0v) is 20.4. The predicted molar refractivity (Wildman–Crippen MR) is 137 cm³/mol. The van der Waals surface area contributed by atoms with Gasteiger partial charge < -0.3 is 14.7 Å². The van der Waals surface area contributed by atoms with Crippen LogP contribution in [0.15, 0.2) is 78.0 Å². The van der Waals surface area contributed by atoms with E-state index >= 15 is 0 Å². The monoisotopic (exact) mass is 478 g/mol. The fourth-order valence-corrected chi connectivity index (χ4v) is 4.30. The van der Waals surface area contributed by atoms with E-state index in [1.807, 2.05) is 55.5 Å². The van der Waals surface area contributed by atoms with Crippen molar-refractivity contribution in [2.75, 3.05) is 19.7 Å². The van der Waals surface area contributed by atoms with Crippen LogP contribution in [0, 0.1) is 13.8 Å². The zero-order valence-electron chi connectivity index (χ0n) is 19.7. The molecular formula is C28H31ClN2O3. The molecule has 0 unspecified atom stereocenters. The van der Waals surface area contributed by atoms with E-state index < -0.39 is 6.10 Å². The van der Waals surface area contributed by atoms with E-state index in [4.69, 9.17) is 21.2 Å². The number of para-hydroxylation sites is 1. The van der Waals surface area contributed by atoms with Crippen LogP contribution in [0.3, 0.4) is 0 Å². The lowest BCUT2D eigenvalue weighted by atomic mass is 10.0. The van der Waals surface area contributed by atoms with E-state index in [1.165, 1.54) is 5.56 Å². The summed E-state index contributed by atoms with van der Waals surface area (Å²) in [6, 6.07) is 23.9. The molecule has 3 aromatic rings. The lowest BCUT2D eigenvalue weighted by Gasteiger charge is -2.27. The summed E-state index contributed by atoms with van der Waals surface area (Å²) >= 11 is 6.20. The molecule has 0 aliphatic carbocycles. The number of aliphatic hydroxyl groups is 1. The molecule has 1 heterocycles. The second-order valence-corrected chi connectivity index (χ2v) is 9.33. The van der Waals surface area contributed by atoms with Crippen molar-refractivity contribution in [2.24, 2.45) is 5.16 Å². The quantitative estimate of drug-likeness (QED) is 0.424. The van der Waals surface area contributed by atoms with Crippen molar-refractivity contribution in [1.29, 1.82) is 0 Å². The molecule has 1 N–H and O–H groups in total. The molecule has 34 heavy (non-hydrogen) atoms. The highest BCUT2D eigenvalue weighted by atomic mass is 35.5. The Morgan fingerprint density at radius 2 is 1.88 bits per heavy atom. The summed E-state index contributed by atoms with van der Waals surface area (Å²) in [5.74, 6) is 0.790. The van der Waals surface area contributed by atoms with Crippen LogP contribution in [0.25, 0.3) is 0 Å².